The van der Waals surface area contributed by atoms with E-state index < -0.39 is 40.3 Å². The summed E-state index contributed by atoms with van der Waals surface area (Å²) in [6.45, 7) is 6.09. The fraction of sp³-hybridized carbons (Fsp3) is 0.400. The molecule has 4 amide bonds. The first-order chi connectivity index (χ1) is 16.7. The molecule has 0 saturated carbocycles. The van der Waals surface area contributed by atoms with Crippen LogP contribution in [-0.4, -0.2) is 47.6 Å². The molecule has 182 valence electrons. The minimum Gasteiger partial charge on any atom is -0.372 e. The molecule has 0 aliphatic carbocycles. The van der Waals surface area contributed by atoms with Crippen molar-refractivity contribution in [3.8, 4) is 0 Å². The molecular formula is C25H26N4O6. The summed E-state index contributed by atoms with van der Waals surface area (Å²) in [6.07, 6.45) is -0.00753. The second-order valence-electron chi connectivity index (χ2n) is 9.39. The molecular weight excluding hydrogens is 452 g/mol. The van der Waals surface area contributed by atoms with Crippen LogP contribution in [0.5, 0.6) is 0 Å². The molecule has 35 heavy (non-hydrogen) atoms. The SMILES string of the molecule is CCc1ccc(N2C(=O)NC(=O)[C@]3(Cc4cc([N+](=O)[O-])ccc4N4C[C@H](C)O[C@H](C)[C@@H]43)C2=O)cc1. The van der Waals surface area contributed by atoms with Crippen LogP contribution in [0.2, 0.25) is 0 Å². The quantitative estimate of drug-likeness (QED) is 0.409. The van der Waals surface area contributed by atoms with Crippen LogP contribution in [0.1, 0.15) is 31.9 Å². The van der Waals surface area contributed by atoms with Gasteiger partial charge in [-0.15, -0.1) is 0 Å². The van der Waals surface area contributed by atoms with Crippen LogP contribution in [0.15, 0.2) is 42.5 Å². The third-order valence-electron chi connectivity index (χ3n) is 7.25. The van der Waals surface area contributed by atoms with Crippen LogP contribution in [-0.2, 0) is 27.2 Å². The van der Waals surface area contributed by atoms with Crippen LogP contribution in [0.3, 0.4) is 0 Å². The zero-order valence-electron chi connectivity index (χ0n) is 19.7. The number of nitrogens with zero attached hydrogens (tertiary/aromatic N) is 3. The third kappa shape index (κ3) is 3.39. The van der Waals surface area contributed by atoms with E-state index in [0.29, 0.717) is 17.8 Å². The Morgan fingerprint density at radius 2 is 1.86 bits per heavy atom. The maximum absolute atomic E-state index is 14.2. The molecule has 3 aliphatic heterocycles. The highest BCUT2D eigenvalue weighted by Gasteiger charge is 2.65. The number of non-ortho nitro benzene ring substituents is 1. The van der Waals surface area contributed by atoms with Crippen LogP contribution in [0.25, 0.3) is 0 Å². The topological polar surface area (TPSA) is 122 Å². The predicted molar refractivity (Wildman–Crippen MR) is 127 cm³/mol. The number of hydrogen-bond donors (Lipinski definition) is 1. The number of aryl methyl sites for hydroxylation is 1. The second kappa shape index (κ2) is 8.16. The number of hydrogen-bond acceptors (Lipinski definition) is 7. The lowest BCUT2D eigenvalue weighted by molar-refractivity contribution is -0.384. The number of barbiturate groups is 1. The fourth-order valence-electron chi connectivity index (χ4n) is 5.74. The first-order valence-electron chi connectivity index (χ1n) is 11.7. The van der Waals surface area contributed by atoms with Crippen LogP contribution >= 0.6 is 0 Å². The van der Waals surface area contributed by atoms with E-state index in [1.54, 1.807) is 18.2 Å². The van der Waals surface area contributed by atoms with Crippen molar-refractivity contribution in [2.75, 3.05) is 16.3 Å². The number of fused-ring (bicyclic) bond motifs is 4. The summed E-state index contributed by atoms with van der Waals surface area (Å²) < 4.78 is 6.07. The Hall–Kier alpha value is -3.79. The number of nitro benzene ring substituents is 1. The van der Waals surface area contributed by atoms with Gasteiger partial charge in [0.2, 0.25) is 5.91 Å². The fourth-order valence-corrected chi connectivity index (χ4v) is 5.74. The molecule has 2 saturated heterocycles. The summed E-state index contributed by atoms with van der Waals surface area (Å²) in [5, 5.41) is 13.9. The summed E-state index contributed by atoms with van der Waals surface area (Å²) in [7, 11) is 0. The van der Waals surface area contributed by atoms with Crippen molar-refractivity contribution in [3.05, 3.63) is 63.7 Å². The number of carbonyl (C=O) groups excluding carboxylic acids is 3. The predicted octanol–water partition coefficient (Wildman–Crippen LogP) is 2.96. The Labute approximate surface area is 202 Å². The van der Waals surface area contributed by atoms with Gasteiger partial charge in [-0.05, 0) is 49.6 Å². The molecule has 0 aromatic heterocycles. The molecule has 0 radical (unpaired) electrons. The van der Waals surface area contributed by atoms with E-state index in [1.807, 2.05) is 37.8 Å². The zero-order chi connectivity index (χ0) is 25.1. The van der Waals surface area contributed by atoms with Gasteiger partial charge in [0, 0.05) is 30.8 Å². The molecule has 10 nitrogen and oxygen atoms in total. The van der Waals surface area contributed by atoms with E-state index in [4.69, 9.17) is 4.74 Å². The third-order valence-corrected chi connectivity index (χ3v) is 7.25. The molecule has 1 N–H and O–H groups in total. The van der Waals surface area contributed by atoms with Gasteiger partial charge >= 0.3 is 6.03 Å². The number of amides is 4. The molecule has 2 aromatic rings. The Balaban J connectivity index is 1.68. The Bertz CT molecular complexity index is 1250. The lowest BCUT2D eigenvalue weighted by Gasteiger charge is -2.56. The maximum atomic E-state index is 14.2. The van der Waals surface area contributed by atoms with E-state index in [9.17, 15) is 24.5 Å². The molecule has 1 spiro atoms. The number of nitrogens with one attached hydrogen (secondary N) is 1. The first kappa shape index (κ1) is 23.0. The van der Waals surface area contributed by atoms with Gasteiger partial charge in [-0.25, -0.2) is 9.69 Å². The van der Waals surface area contributed by atoms with Gasteiger partial charge in [0.1, 0.15) is 0 Å². The molecule has 0 unspecified atom stereocenters. The van der Waals surface area contributed by atoms with E-state index in [1.165, 1.54) is 12.1 Å². The molecule has 10 heteroatoms. The number of anilines is 2. The monoisotopic (exact) mass is 478 g/mol. The average Bonchev–Trinajstić information content (AvgIpc) is 2.82. The van der Waals surface area contributed by atoms with Crippen molar-refractivity contribution >= 4 is 34.9 Å². The molecule has 2 fully saturated rings. The van der Waals surface area contributed by atoms with Crippen LogP contribution in [0, 0.1) is 15.5 Å². The van der Waals surface area contributed by atoms with Gasteiger partial charge in [-0.1, -0.05) is 19.1 Å². The summed E-state index contributed by atoms with van der Waals surface area (Å²) in [5.74, 6) is -1.38. The second-order valence-corrected chi connectivity index (χ2v) is 9.39. The molecule has 2 aromatic carbocycles. The van der Waals surface area contributed by atoms with Gasteiger partial charge in [0.15, 0.2) is 5.41 Å². The van der Waals surface area contributed by atoms with E-state index >= 15 is 0 Å². The number of benzene rings is 2. The molecule has 3 heterocycles. The Morgan fingerprint density at radius 1 is 1.14 bits per heavy atom. The number of urea groups is 1. The number of imide groups is 2. The highest BCUT2D eigenvalue weighted by molar-refractivity contribution is 6.30. The number of carbonyl (C=O) groups is 3. The van der Waals surface area contributed by atoms with Gasteiger partial charge in [0.25, 0.3) is 11.6 Å². The molecule has 3 aliphatic rings. The number of ether oxygens (including phenoxy) is 1. The number of rotatable bonds is 3. The molecule has 5 rings (SSSR count). The van der Waals surface area contributed by atoms with E-state index in [2.05, 4.69) is 5.32 Å². The van der Waals surface area contributed by atoms with E-state index in [-0.39, 0.29) is 18.2 Å². The Kier molecular flexibility index (Phi) is 5.36. The van der Waals surface area contributed by atoms with E-state index in [0.717, 1.165) is 22.6 Å². The zero-order valence-corrected chi connectivity index (χ0v) is 19.7. The van der Waals surface area contributed by atoms with Crippen molar-refractivity contribution in [3.63, 3.8) is 0 Å². The minimum atomic E-state index is -1.71. The van der Waals surface area contributed by atoms with Crippen LogP contribution < -0.4 is 15.1 Å². The summed E-state index contributed by atoms with van der Waals surface area (Å²) in [6, 6.07) is 10.0. The number of morpholine rings is 1. The largest absolute Gasteiger partial charge is 0.372 e. The normalized spacial score (nSPS) is 28.0. The van der Waals surface area contributed by atoms with Crippen molar-refractivity contribution < 1.29 is 24.0 Å². The van der Waals surface area contributed by atoms with Gasteiger partial charge in [0.05, 0.1) is 28.9 Å². The highest BCUT2D eigenvalue weighted by atomic mass is 16.6. The van der Waals surface area contributed by atoms with Crippen molar-refractivity contribution in [2.45, 2.75) is 51.9 Å². The summed E-state index contributed by atoms with van der Waals surface area (Å²) >= 11 is 0. The smallest absolute Gasteiger partial charge is 0.335 e. The number of nitro groups is 1. The van der Waals surface area contributed by atoms with Gasteiger partial charge < -0.3 is 9.64 Å². The average molecular weight is 479 g/mol. The standard InChI is InChI=1S/C25H26N4O6/c1-4-16-5-7-18(8-6-16)28-23(31)25(22(30)26-24(28)32)12-17-11-19(29(33)34)9-10-20(17)27-13-14(2)35-15(3)21(25)27/h5-11,14-15,21H,4,12-13H2,1-3H3,(H,26,30,32)/t14-,15+,21+,25+/m0/s1. The lowest BCUT2D eigenvalue weighted by Crippen LogP contribution is -2.76. The van der Waals surface area contributed by atoms with Gasteiger partial charge in [-0.3, -0.25) is 25.0 Å². The molecule has 4 atom stereocenters. The maximum Gasteiger partial charge on any atom is 0.335 e. The highest BCUT2D eigenvalue weighted by Crippen LogP contribution is 2.48. The molecule has 0 bridgehead atoms. The lowest BCUT2D eigenvalue weighted by atomic mass is 9.66. The van der Waals surface area contributed by atoms with Crippen molar-refractivity contribution in [2.24, 2.45) is 5.41 Å². The first-order valence-corrected chi connectivity index (χ1v) is 11.7. The van der Waals surface area contributed by atoms with Gasteiger partial charge in [-0.2, -0.15) is 0 Å². The van der Waals surface area contributed by atoms with Crippen molar-refractivity contribution in [1.29, 1.82) is 0 Å². The Morgan fingerprint density at radius 3 is 2.51 bits per heavy atom. The summed E-state index contributed by atoms with van der Waals surface area (Å²) in [4.78, 5) is 54.6. The minimum absolute atomic E-state index is 0.0885. The van der Waals surface area contributed by atoms with Crippen molar-refractivity contribution in [1.82, 2.24) is 5.32 Å². The summed E-state index contributed by atoms with van der Waals surface area (Å²) in [5.41, 5.74) is 0.793. The van der Waals surface area contributed by atoms with Crippen LogP contribution in [0.4, 0.5) is 21.9 Å².